The lowest BCUT2D eigenvalue weighted by molar-refractivity contribution is -0.129. The van der Waals surface area contributed by atoms with Crippen molar-refractivity contribution in [2.45, 2.75) is 17.5 Å². The molecule has 0 fully saturated rings. The largest absolute Gasteiger partial charge is 0.478 e. The summed E-state index contributed by atoms with van der Waals surface area (Å²) in [5, 5.41) is 8.59. The number of carbonyl (C=O) groups is 1. The second kappa shape index (κ2) is 5.35. The van der Waals surface area contributed by atoms with Gasteiger partial charge in [0.1, 0.15) is 4.90 Å². The number of carboxylic acid groups (broad SMARTS) is 1. The van der Waals surface area contributed by atoms with Gasteiger partial charge in [0.05, 0.1) is 17.7 Å². The zero-order valence-corrected chi connectivity index (χ0v) is 10.4. The van der Waals surface area contributed by atoms with E-state index in [1.165, 1.54) is 0 Å². The van der Waals surface area contributed by atoms with Crippen LogP contribution in [-0.4, -0.2) is 31.4 Å². The van der Waals surface area contributed by atoms with E-state index in [9.17, 15) is 35.2 Å². The molecule has 1 rings (SSSR count). The highest BCUT2D eigenvalue weighted by molar-refractivity contribution is 7.91. The third-order valence-electron chi connectivity index (χ3n) is 2.23. The minimum atomic E-state index is -4.80. The van der Waals surface area contributed by atoms with Gasteiger partial charge in [-0.3, -0.25) is 0 Å². The number of carboxylic acids is 1. The van der Waals surface area contributed by atoms with Crippen LogP contribution >= 0.6 is 0 Å². The van der Waals surface area contributed by atoms with Crippen LogP contribution in [0, 0.1) is 11.6 Å². The first kappa shape index (κ1) is 16.3. The molecular weight excluding hydrogens is 311 g/mol. The highest BCUT2D eigenvalue weighted by Crippen LogP contribution is 2.25. The number of hydrogen-bond acceptors (Lipinski definition) is 3. The smallest absolute Gasteiger partial charge is 0.390 e. The Morgan fingerprint density at radius 2 is 1.75 bits per heavy atom. The molecule has 0 heterocycles. The Labute approximate surface area is 109 Å². The van der Waals surface area contributed by atoms with Crippen LogP contribution in [0.5, 0.6) is 0 Å². The number of aromatic carboxylic acids is 1. The summed E-state index contributed by atoms with van der Waals surface area (Å²) in [6.07, 6.45) is -6.56. The second-order valence-corrected chi connectivity index (χ2v) is 5.84. The summed E-state index contributed by atoms with van der Waals surface area (Å²) in [4.78, 5) is 9.19. The number of benzene rings is 1. The molecule has 4 nitrogen and oxygen atoms in total. The molecule has 0 aliphatic carbocycles. The molecule has 0 aromatic heterocycles. The third-order valence-corrected chi connectivity index (χ3v) is 3.94. The predicted molar refractivity (Wildman–Crippen MR) is 56.0 cm³/mol. The summed E-state index contributed by atoms with van der Waals surface area (Å²) in [6, 6.07) is 0.521. The van der Waals surface area contributed by atoms with E-state index in [1.54, 1.807) is 0 Å². The van der Waals surface area contributed by atoms with Gasteiger partial charge in [-0.25, -0.2) is 22.0 Å². The van der Waals surface area contributed by atoms with E-state index >= 15 is 0 Å². The van der Waals surface area contributed by atoms with Crippen LogP contribution in [0.2, 0.25) is 0 Å². The van der Waals surface area contributed by atoms with Gasteiger partial charge in [-0.2, -0.15) is 13.2 Å². The summed E-state index contributed by atoms with van der Waals surface area (Å²) in [6.45, 7) is 0. The van der Waals surface area contributed by atoms with E-state index in [4.69, 9.17) is 5.11 Å². The molecule has 0 saturated heterocycles. The van der Waals surface area contributed by atoms with Crippen molar-refractivity contribution in [3.8, 4) is 0 Å². The number of sulfone groups is 1. The Hall–Kier alpha value is -1.71. The fourth-order valence-electron chi connectivity index (χ4n) is 1.27. The Bertz CT molecular complexity index is 636. The van der Waals surface area contributed by atoms with Crippen molar-refractivity contribution < 1.29 is 40.3 Å². The standard InChI is InChI=1S/C10H7F5O4S/c11-6-3-5(9(16)17)4-7(8(6)12)20(18,19)2-1-10(13,14)15/h3-4H,1-2H2,(H,16,17). The molecule has 0 radical (unpaired) electrons. The summed E-state index contributed by atoms with van der Waals surface area (Å²) in [5.74, 6) is -6.92. The van der Waals surface area contributed by atoms with E-state index < -0.39 is 56.2 Å². The van der Waals surface area contributed by atoms with Gasteiger partial charge in [0.15, 0.2) is 21.5 Å². The summed E-state index contributed by atoms with van der Waals surface area (Å²) in [5.41, 5.74) is -0.880. The molecule has 112 valence electrons. The van der Waals surface area contributed by atoms with Crippen LogP contribution in [0.3, 0.4) is 0 Å². The van der Waals surface area contributed by atoms with E-state index in [-0.39, 0.29) is 12.1 Å². The zero-order chi connectivity index (χ0) is 15.7. The minimum absolute atomic E-state index is 0.237. The monoisotopic (exact) mass is 318 g/mol. The quantitative estimate of drug-likeness (QED) is 0.865. The van der Waals surface area contributed by atoms with Crippen LogP contribution in [-0.2, 0) is 9.84 Å². The molecular formula is C10H7F5O4S. The lowest BCUT2D eigenvalue weighted by Gasteiger charge is -2.09. The molecule has 0 unspecified atom stereocenters. The second-order valence-electron chi connectivity index (χ2n) is 3.76. The Morgan fingerprint density at radius 1 is 1.20 bits per heavy atom. The van der Waals surface area contributed by atoms with E-state index in [0.29, 0.717) is 0 Å². The van der Waals surface area contributed by atoms with Gasteiger partial charge in [0.2, 0.25) is 0 Å². The SMILES string of the molecule is O=C(O)c1cc(F)c(F)c(S(=O)(=O)CCC(F)(F)F)c1. The molecule has 0 saturated carbocycles. The van der Waals surface area contributed by atoms with Crippen LogP contribution in [0.4, 0.5) is 22.0 Å². The molecule has 0 spiro atoms. The summed E-state index contributed by atoms with van der Waals surface area (Å²) in [7, 11) is -4.80. The average molecular weight is 318 g/mol. The molecule has 0 aliphatic heterocycles. The first-order chi connectivity index (χ1) is 8.94. The van der Waals surface area contributed by atoms with Crippen LogP contribution < -0.4 is 0 Å². The lowest BCUT2D eigenvalue weighted by atomic mass is 10.2. The molecule has 0 aliphatic rings. The van der Waals surface area contributed by atoms with E-state index in [2.05, 4.69) is 0 Å². The zero-order valence-electron chi connectivity index (χ0n) is 9.54. The van der Waals surface area contributed by atoms with Crippen molar-refractivity contribution in [2.24, 2.45) is 0 Å². The fourth-order valence-corrected chi connectivity index (χ4v) is 2.67. The van der Waals surface area contributed by atoms with Gasteiger partial charge >= 0.3 is 12.1 Å². The topological polar surface area (TPSA) is 71.4 Å². The minimum Gasteiger partial charge on any atom is -0.478 e. The number of halogens is 5. The number of alkyl halides is 3. The normalized spacial score (nSPS) is 12.4. The van der Waals surface area contributed by atoms with Crippen molar-refractivity contribution >= 4 is 15.8 Å². The molecule has 0 amide bonds. The van der Waals surface area contributed by atoms with Crippen LogP contribution in [0.15, 0.2) is 17.0 Å². The average Bonchev–Trinajstić information content (AvgIpc) is 2.28. The maximum Gasteiger partial charge on any atom is 0.390 e. The van der Waals surface area contributed by atoms with Gasteiger partial charge in [-0.05, 0) is 12.1 Å². The van der Waals surface area contributed by atoms with Crippen molar-refractivity contribution in [2.75, 3.05) is 5.75 Å². The van der Waals surface area contributed by atoms with E-state index in [1.807, 2.05) is 0 Å². The summed E-state index contributed by atoms with van der Waals surface area (Å²) < 4.78 is 85.4. The highest BCUT2D eigenvalue weighted by atomic mass is 32.2. The number of rotatable bonds is 4. The maximum atomic E-state index is 13.3. The molecule has 0 atom stereocenters. The molecule has 1 aromatic carbocycles. The van der Waals surface area contributed by atoms with Gasteiger partial charge < -0.3 is 5.11 Å². The van der Waals surface area contributed by atoms with Crippen molar-refractivity contribution in [3.63, 3.8) is 0 Å². The van der Waals surface area contributed by atoms with Crippen molar-refractivity contribution in [1.82, 2.24) is 0 Å². The maximum absolute atomic E-state index is 13.3. The van der Waals surface area contributed by atoms with E-state index in [0.717, 1.165) is 0 Å². The lowest BCUT2D eigenvalue weighted by Crippen LogP contribution is -2.18. The predicted octanol–water partition coefficient (Wildman–Crippen LogP) is 2.39. The Kier molecular flexibility index (Phi) is 4.37. The van der Waals surface area contributed by atoms with Gasteiger partial charge in [-0.1, -0.05) is 0 Å². The third kappa shape index (κ3) is 3.89. The van der Waals surface area contributed by atoms with Crippen molar-refractivity contribution in [3.05, 3.63) is 29.3 Å². The first-order valence-electron chi connectivity index (χ1n) is 4.96. The molecule has 1 aromatic rings. The number of hydrogen-bond donors (Lipinski definition) is 1. The Balaban J connectivity index is 3.27. The van der Waals surface area contributed by atoms with Gasteiger partial charge in [-0.15, -0.1) is 0 Å². The molecule has 20 heavy (non-hydrogen) atoms. The molecule has 1 N–H and O–H groups in total. The Morgan fingerprint density at radius 3 is 2.20 bits per heavy atom. The van der Waals surface area contributed by atoms with Crippen molar-refractivity contribution in [1.29, 1.82) is 0 Å². The first-order valence-corrected chi connectivity index (χ1v) is 6.61. The molecule has 10 heteroatoms. The highest BCUT2D eigenvalue weighted by Gasteiger charge is 2.32. The van der Waals surface area contributed by atoms with Gasteiger partial charge in [0, 0.05) is 0 Å². The van der Waals surface area contributed by atoms with Crippen LogP contribution in [0.1, 0.15) is 16.8 Å². The summed E-state index contributed by atoms with van der Waals surface area (Å²) >= 11 is 0. The molecule has 0 bridgehead atoms. The van der Waals surface area contributed by atoms with Crippen LogP contribution in [0.25, 0.3) is 0 Å². The fraction of sp³-hybridized carbons (Fsp3) is 0.300. The van der Waals surface area contributed by atoms with Gasteiger partial charge in [0.25, 0.3) is 0 Å².